The zero-order valence-corrected chi connectivity index (χ0v) is 12.1. The van der Waals surface area contributed by atoms with Crippen molar-refractivity contribution in [1.82, 2.24) is 0 Å². The maximum absolute atomic E-state index is 6.48. The Balaban J connectivity index is 1.84. The van der Waals surface area contributed by atoms with Gasteiger partial charge in [-0.25, -0.2) is 0 Å². The molecule has 3 heteroatoms. The van der Waals surface area contributed by atoms with E-state index in [1.54, 1.807) is 0 Å². The molecule has 4 rings (SSSR count). The quantitative estimate of drug-likeness (QED) is 0.767. The standard InChI is InChI=1S/C18H19NO2/c1-18(9-4-10-20-18)17(19)12-7-8-16-14(11-12)13-5-2-3-6-15(13)21-16/h2-3,5-8,11,17H,4,9-10,19H2,1H3. The normalized spacial score (nSPS) is 23.9. The molecule has 108 valence electrons. The monoisotopic (exact) mass is 281 g/mol. The lowest BCUT2D eigenvalue weighted by molar-refractivity contribution is -0.00170. The van der Waals surface area contributed by atoms with Gasteiger partial charge in [0.25, 0.3) is 0 Å². The summed E-state index contributed by atoms with van der Waals surface area (Å²) in [5, 5.41) is 2.26. The maximum Gasteiger partial charge on any atom is 0.135 e. The predicted octanol–water partition coefficient (Wildman–Crippen LogP) is 4.15. The molecule has 1 fully saturated rings. The number of hydrogen-bond acceptors (Lipinski definition) is 3. The summed E-state index contributed by atoms with van der Waals surface area (Å²) in [5.41, 5.74) is 9.16. The highest BCUT2D eigenvalue weighted by atomic mass is 16.5. The van der Waals surface area contributed by atoms with E-state index in [-0.39, 0.29) is 11.6 Å². The molecule has 2 atom stereocenters. The van der Waals surface area contributed by atoms with Gasteiger partial charge in [-0.05, 0) is 43.5 Å². The largest absolute Gasteiger partial charge is 0.456 e. The highest BCUT2D eigenvalue weighted by Crippen LogP contribution is 2.38. The maximum atomic E-state index is 6.48. The molecule has 1 aromatic heterocycles. The Morgan fingerprint density at radius 1 is 1.10 bits per heavy atom. The van der Waals surface area contributed by atoms with E-state index < -0.39 is 0 Å². The van der Waals surface area contributed by atoms with Crippen LogP contribution in [0.25, 0.3) is 21.9 Å². The zero-order valence-electron chi connectivity index (χ0n) is 12.1. The van der Waals surface area contributed by atoms with Crippen LogP contribution in [0.3, 0.4) is 0 Å². The summed E-state index contributed by atoms with van der Waals surface area (Å²) in [4.78, 5) is 0. The topological polar surface area (TPSA) is 48.4 Å². The van der Waals surface area contributed by atoms with Gasteiger partial charge in [0.05, 0.1) is 11.6 Å². The second-order valence-corrected chi connectivity index (χ2v) is 6.10. The summed E-state index contributed by atoms with van der Waals surface area (Å²) in [6.45, 7) is 2.92. The lowest BCUT2D eigenvalue weighted by atomic mass is 9.88. The minimum Gasteiger partial charge on any atom is -0.456 e. The first-order valence-corrected chi connectivity index (χ1v) is 7.48. The molecule has 2 N–H and O–H groups in total. The van der Waals surface area contributed by atoms with E-state index in [9.17, 15) is 0 Å². The van der Waals surface area contributed by atoms with Crippen molar-refractivity contribution in [3.63, 3.8) is 0 Å². The Labute approximate surface area is 123 Å². The van der Waals surface area contributed by atoms with Crippen molar-refractivity contribution in [2.75, 3.05) is 6.61 Å². The third-order valence-electron chi connectivity index (χ3n) is 4.67. The minimum atomic E-state index is -0.257. The van der Waals surface area contributed by atoms with E-state index in [1.807, 2.05) is 24.3 Å². The van der Waals surface area contributed by atoms with Crippen molar-refractivity contribution in [3.05, 3.63) is 48.0 Å². The van der Waals surface area contributed by atoms with Crippen LogP contribution in [0.4, 0.5) is 0 Å². The number of ether oxygens (including phenoxy) is 1. The Morgan fingerprint density at radius 3 is 2.71 bits per heavy atom. The first-order chi connectivity index (χ1) is 10.2. The van der Waals surface area contributed by atoms with Gasteiger partial charge in [0.1, 0.15) is 11.2 Å². The summed E-state index contributed by atoms with van der Waals surface area (Å²) in [6.07, 6.45) is 2.10. The Morgan fingerprint density at radius 2 is 1.90 bits per heavy atom. The second kappa shape index (κ2) is 4.58. The van der Waals surface area contributed by atoms with E-state index >= 15 is 0 Å². The molecule has 0 saturated carbocycles. The smallest absolute Gasteiger partial charge is 0.135 e. The van der Waals surface area contributed by atoms with E-state index in [4.69, 9.17) is 14.9 Å². The molecule has 21 heavy (non-hydrogen) atoms. The van der Waals surface area contributed by atoms with E-state index in [2.05, 4.69) is 25.1 Å². The van der Waals surface area contributed by atoms with E-state index in [1.165, 1.54) is 0 Å². The zero-order chi connectivity index (χ0) is 14.4. The van der Waals surface area contributed by atoms with Gasteiger partial charge in [-0.3, -0.25) is 0 Å². The summed E-state index contributed by atoms with van der Waals surface area (Å²) in [6, 6.07) is 14.2. The van der Waals surface area contributed by atoms with Crippen LogP contribution >= 0.6 is 0 Å². The molecular formula is C18H19NO2. The molecule has 3 aromatic rings. The number of hydrogen-bond donors (Lipinski definition) is 1. The average Bonchev–Trinajstić information content (AvgIpc) is 3.10. The highest BCUT2D eigenvalue weighted by molar-refractivity contribution is 6.05. The van der Waals surface area contributed by atoms with Gasteiger partial charge in [0.2, 0.25) is 0 Å². The fourth-order valence-corrected chi connectivity index (χ4v) is 3.34. The van der Waals surface area contributed by atoms with Crippen molar-refractivity contribution < 1.29 is 9.15 Å². The van der Waals surface area contributed by atoms with Crippen molar-refractivity contribution in [2.45, 2.75) is 31.4 Å². The number of fused-ring (bicyclic) bond motifs is 3. The van der Waals surface area contributed by atoms with Crippen molar-refractivity contribution in [3.8, 4) is 0 Å². The number of furan rings is 1. The minimum absolute atomic E-state index is 0.113. The third-order valence-corrected chi connectivity index (χ3v) is 4.67. The molecule has 0 spiro atoms. The van der Waals surface area contributed by atoms with Crippen LogP contribution in [0, 0.1) is 0 Å². The van der Waals surface area contributed by atoms with Gasteiger partial charge in [-0.15, -0.1) is 0 Å². The van der Waals surface area contributed by atoms with Crippen LogP contribution in [-0.2, 0) is 4.74 Å². The Kier molecular flexibility index (Phi) is 2.81. The molecule has 0 radical (unpaired) electrons. The number of nitrogens with two attached hydrogens (primary N) is 1. The number of benzene rings is 2. The number of rotatable bonds is 2. The summed E-state index contributed by atoms with van der Waals surface area (Å²) in [5.74, 6) is 0. The molecule has 2 unspecified atom stereocenters. The molecule has 0 amide bonds. The average molecular weight is 281 g/mol. The van der Waals surface area contributed by atoms with Crippen molar-refractivity contribution >= 4 is 21.9 Å². The lowest BCUT2D eigenvalue weighted by Crippen LogP contribution is -2.37. The highest BCUT2D eigenvalue weighted by Gasteiger charge is 2.37. The van der Waals surface area contributed by atoms with Crippen LogP contribution in [0.15, 0.2) is 46.9 Å². The molecule has 1 saturated heterocycles. The van der Waals surface area contributed by atoms with Gasteiger partial charge in [-0.1, -0.05) is 24.3 Å². The van der Waals surface area contributed by atoms with Gasteiger partial charge < -0.3 is 14.9 Å². The molecule has 0 bridgehead atoms. The molecule has 1 aliphatic heterocycles. The first kappa shape index (κ1) is 12.9. The molecule has 0 aliphatic carbocycles. The van der Waals surface area contributed by atoms with Crippen molar-refractivity contribution in [2.24, 2.45) is 5.73 Å². The van der Waals surface area contributed by atoms with E-state index in [0.29, 0.717) is 0 Å². The summed E-state index contributed by atoms with van der Waals surface area (Å²) in [7, 11) is 0. The van der Waals surface area contributed by atoms with Crippen LogP contribution in [-0.4, -0.2) is 12.2 Å². The third kappa shape index (κ3) is 1.96. The lowest BCUT2D eigenvalue weighted by Gasteiger charge is -2.30. The Hall–Kier alpha value is -1.84. The SMILES string of the molecule is CC1(C(N)c2ccc3oc4ccccc4c3c2)CCCO1. The fraction of sp³-hybridized carbons (Fsp3) is 0.333. The summed E-state index contributed by atoms with van der Waals surface area (Å²) < 4.78 is 11.8. The number of para-hydroxylation sites is 1. The Bertz CT molecular complexity index is 799. The van der Waals surface area contributed by atoms with Gasteiger partial charge in [-0.2, -0.15) is 0 Å². The van der Waals surface area contributed by atoms with Gasteiger partial charge in [0, 0.05) is 17.4 Å². The molecule has 3 nitrogen and oxygen atoms in total. The molecule has 2 heterocycles. The van der Waals surface area contributed by atoms with Crippen LogP contribution in [0.2, 0.25) is 0 Å². The molecular weight excluding hydrogens is 262 g/mol. The van der Waals surface area contributed by atoms with Gasteiger partial charge >= 0.3 is 0 Å². The predicted molar refractivity (Wildman–Crippen MR) is 84.2 cm³/mol. The summed E-state index contributed by atoms with van der Waals surface area (Å²) >= 11 is 0. The van der Waals surface area contributed by atoms with Gasteiger partial charge in [0.15, 0.2) is 0 Å². The second-order valence-electron chi connectivity index (χ2n) is 6.10. The van der Waals surface area contributed by atoms with Crippen molar-refractivity contribution in [1.29, 1.82) is 0 Å². The van der Waals surface area contributed by atoms with E-state index in [0.717, 1.165) is 47.0 Å². The fourth-order valence-electron chi connectivity index (χ4n) is 3.34. The first-order valence-electron chi connectivity index (χ1n) is 7.48. The molecule has 2 aromatic carbocycles. The molecule has 1 aliphatic rings. The van der Waals surface area contributed by atoms with Crippen LogP contribution < -0.4 is 5.73 Å². The van der Waals surface area contributed by atoms with Crippen LogP contribution in [0.5, 0.6) is 0 Å². The van der Waals surface area contributed by atoms with Crippen LogP contribution in [0.1, 0.15) is 31.4 Å².